The third kappa shape index (κ3) is 2.68. The van der Waals surface area contributed by atoms with Gasteiger partial charge in [-0.2, -0.15) is 4.52 Å². The molecule has 0 saturated carbocycles. The molecule has 5 nitrogen and oxygen atoms in total. The molecule has 0 amide bonds. The normalized spacial score (nSPS) is 16.3. The minimum atomic E-state index is -2.46. The summed E-state index contributed by atoms with van der Waals surface area (Å²) in [6.07, 6.45) is 1.15. The zero-order valence-corrected chi connectivity index (χ0v) is 15.6. The smallest absolute Gasteiger partial charge is 0.243 e. The Labute approximate surface area is 160 Å². The molecule has 0 fully saturated rings. The molecule has 0 atom stereocenters. The third-order valence-electron chi connectivity index (χ3n) is 4.34. The van der Waals surface area contributed by atoms with Gasteiger partial charge in [-0.3, -0.25) is 0 Å². The van der Waals surface area contributed by atoms with Crippen LogP contribution in [0.3, 0.4) is 0 Å². The number of oxazole rings is 1. The van der Waals surface area contributed by atoms with Gasteiger partial charge in [0.25, 0.3) is 0 Å². The average Bonchev–Trinajstić information content (AvgIpc) is 3.21. The minimum Gasteiger partial charge on any atom is -0.434 e. The fourth-order valence-electron chi connectivity index (χ4n) is 3.23. The van der Waals surface area contributed by atoms with Gasteiger partial charge in [0.15, 0.2) is 11.8 Å². The molecule has 26 heavy (non-hydrogen) atoms. The van der Waals surface area contributed by atoms with Crippen molar-refractivity contribution in [1.29, 1.82) is 0 Å². The molecule has 1 aromatic carbocycles. The molecule has 4 aromatic rings. The molecular weight excluding hydrogens is 324 g/mol. The molecule has 134 valence electrons. The van der Waals surface area contributed by atoms with Crippen molar-refractivity contribution in [3.63, 3.8) is 0 Å². The SMILES string of the molecule is [2H]C([2H])([2H])c1c[n+](C)c(-c2c(C)ccc3c2oc2cnnn23)cc1C([2H])([2H])C(C)(C)C. The van der Waals surface area contributed by atoms with Crippen molar-refractivity contribution < 1.29 is 15.8 Å². The first-order valence-electron chi connectivity index (χ1n) is 11.0. The summed E-state index contributed by atoms with van der Waals surface area (Å²) in [6, 6.07) is 5.48. The first-order chi connectivity index (χ1) is 14.2. The topological polar surface area (TPSA) is 47.2 Å². The Hall–Kier alpha value is -2.69. The Bertz CT molecular complexity index is 1310. The van der Waals surface area contributed by atoms with Crippen molar-refractivity contribution in [2.24, 2.45) is 12.5 Å². The van der Waals surface area contributed by atoms with E-state index in [1.54, 1.807) is 43.0 Å². The van der Waals surface area contributed by atoms with Gasteiger partial charge in [-0.15, -0.1) is 5.10 Å². The lowest BCUT2D eigenvalue weighted by molar-refractivity contribution is -0.660. The lowest BCUT2D eigenvalue weighted by Crippen LogP contribution is -2.32. The molecule has 0 bridgehead atoms. The van der Waals surface area contributed by atoms with Crippen LogP contribution in [0.2, 0.25) is 0 Å². The van der Waals surface area contributed by atoms with Crippen LogP contribution in [0, 0.1) is 19.2 Å². The Morgan fingerprint density at radius 1 is 1.31 bits per heavy atom. The first-order valence-corrected chi connectivity index (χ1v) is 8.51. The van der Waals surface area contributed by atoms with E-state index in [0.717, 1.165) is 16.6 Å². The second-order valence-corrected chi connectivity index (χ2v) is 7.66. The standard InChI is InChI=1S/C21H25N4O/c1-13-7-8-16-20(26-18-11-22-23-25(16)18)19(13)17-9-15(10-21(3,4)5)14(2)12-24(17)6/h7-9,11-12H,10H2,1-6H3/q+1/i2D3,10D2. The van der Waals surface area contributed by atoms with E-state index in [4.69, 9.17) is 11.3 Å². The molecule has 3 heterocycles. The Kier molecular flexibility index (Phi) is 2.58. The van der Waals surface area contributed by atoms with Crippen LogP contribution in [0.25, 0.3) is 28.1 Å². The van der Waals surface area contributed by atoms with Gasteiger partial charge in [-0.1, -0.05) is 32.1 Å². The van der Waals surface area contributed by atoms with Crippen LogP contribution in [-0.4, -0.2) is 14.8 Å². The van der Waals surface area contributed by atoms with Crippen LogP contribution in [0.15, 0.2) is 35.0 Å². The van der Waals surface area contributed by atoms with E-state index in [1.807, 2.05) is 19.1 Å². The van der Waals surface area contributed by atoms with Crippen molar-refractivity contribution in [3.8, 4) is 11.3 Å². The number of pyridine rings is 1. The molecule has 0 unspecified atom stereocenters. The minimum absolute atomic E-state index is 0.00181. The number of hydrogen-bond acceptors (Lipinski definition) is 3. The average molecular weight is 354 g/mol. The van der Waals surface area contributed by atoms with Crippen LogP contribution >= 0.6 is 0 Å². The zero-order chi connectivity index (χ0) is 22.9. The van der Waals surface area contributed by atoms with Gasteiger partial charge in [-0.05, 0) is 42.8 Å². The first kappa shape index (κ1) is 11.8. The van der Waals surface area contributed by atoms with Crippen LogP contribution < -0.4 is 4.57 Å². The Balaban J connectivity index is 2.10. The summed E-state index contributed by atoms with van der Waals surface area (Å²) in [6.45, 7) is 4.78. The van der Waals surface area contributed by atoms with Crippen LogP contribution in [0.1, 0.15) is 44.3 Å². The monoisotopic (exact) mass is 354 g/mol. The number of fused-ring (bicyclic) bond motifs is 3. The van der Waals surface area contributed by atoms with Crippen molar-refractivity contribution in [2.75, 3.05) is 0 Å². The molecule has 0 spiro atoms. The fraction of sp³-hybridized carbons (Fsp3) is 0.381. The van der Waals surface area contributed by atoms with Crippen molar-refractivity contribution in [2.45, 2.75) is 40.9 Å². The van der Waals surface area contributed by atoms with Crippen LogP contribution in [-0.2, 0) is 13.4 Å². The van der Waals surface area contributed by atoms with Crippen LogP contribution in [0.5, 0.6) is 0 Å². The summed E-state index contributed by atoms with van der Waals surface area (Å²) in [5.41, 5.74) is 3.48. The van der Waals surface area contributed by atoms with Crippen molar-refractivity contribution in [3.05, 3.63) is 47.3 Å². The Morgan fingerprint density at radius 2 is 2.12 bits per heavy atom. The summed E-state index contributed by atoms with van der Waals surface area (Å²) in [5.74, 6) is 0. The highest BCUT2D eigenvalue weighted by Crippen LogP contribution is 2.33. The summed E-state index contributed by atoms with van der Waals surface area (Å²) in [5, 5.41) is 7.93. The van der Waals surface area contributed by atoms with Gasteiger partial charge in [0.2, 0.25) is 11.4 Å². The third-order valence-corrected chi connectivity index (χ3v) is 4.34. The molecule has 0 N–H and O–H groups in total. The summed E-state index contributed by atoms with van der Waals surface area (Å²) in [4.78, 5) is 0. The fourth-order valence-corrected chi connectivity index (χ4v) is 3.23. The number of aromatic nitrogens is 4. The molecule has 0 saturated heterocycles. The molecule has 0 aliphatic heterocycles. The maximum atomic E-state index is 8.81. The van der Waals surface area contributed by atoms with Gasteiger partial charge < -0.3 is 4.42 Å². The number of nitrogens with zero attached hydrogens (tertiary/aromatic N) is 4. The highest BCUT2D eigenvalue weighted by molar-refractivity contribution is 5.92. The number of hydrogen-bond donors (Lipinski definition) is 0. The number of rotatable bonds is 2. The van der Waals surface area contributed by atoms with E-state index in [-0.39, 0.29) is 11.1 Å². The molecule has 0 aliphatic carbocycles. The molecular formula is C21H25N4O+. The second-order valence-electron chi connectivity index (χ2n) is 7.66. The van der Waals surface area contributed by atoms with Gasteiger partial charge in [0.05, 0.1) is 5.56 Å². The summed E-state index contributed by atoms with van der Waals surface area (Å²) >= 11 is 0. The van der Waals surface area contributed by atoms with E-state index in [1.165, 1.54) is 12.4 Å². The quantitative estimate of drug-likeness (QED) is 0.508. The van der Waals surface area contributed by atoms with E-state index < -0.39 is 18.6 Å². The molecule has 3 aromatic heterocycles. The summed E-state index contributed by atoms with van der Waals surface area (Å²) in [7, 11) is 1.76. The second kappa shape index (κ2) is 5.66. The van der Waals surface area contributed by atoms with Gasteiger partial charge in [-0.25, -0.2) is 4.57 Å². The lowest BCUT2D eigenvalue weighted by atomic mass is 9.86. The predicted octanol–water partition coefficient (Wildman–Crippen LogP) is 4.17. The van der Waals surface area contributed by atoms with Crippen molar-refractivity contribution >= 4 is 16.8 Å². The van der Waals surface area contributed by atoms with Crippen molar-refractivity contribution in [1.82, 2.24) is 14.8 Å². The number of benzene rings is 1. The molecule has 0 aliphatic rings. The predicted molar refractivity (Wildman–Crippen MR) is 102 cm³/mol. The van der Waals surface area contributed by atoms with Gasteiger partial charge in [0, 0.05) is 18.5 Å². The molecule has 0 radical (unpaired) electrons. The highest BCUT2D eigenvalue weighted by atomic mass is 16.3. The van der Waals surface area contributed by atoms with E-state index in [9.17, 15) is 0 Å². The molecule has 5 heteroatoms. The van der Waals surface area contributed by atoms with Crippen LogP contribution in [0.4, 0.5) is 0 Å². The van der Waals surface area contributed by atoms with E-state index in [0.29, 0.717) is 17.0 Å². The maximum absolute atomic E-state index is 8.81. The lowest BCUT2D eigenvalue weighted by Gasteiger charge is -2.19. The van der Waals surface area contributed by atoms with E-state index >= 15 is 0 Å². The summed E-state index contributed by atoms with van der Waals surface area (Å²) < 4.78 is 51.0. The highest BCUT2D eigenvalue weighted by Gasteiger charge is 2.24. The number of aryl methyl sites for hydroxylation is 3. The molecule has 4 rings (SSSR count). The largest absolute Gasteiger partial charge is 0.434 e. The zero-order valence-electron chi connectivity index (χ0n) is 20.6. The van der Waals surface area contributed by atoms with Gasteiger partial charge >= 0.3 is 0 Å². The van der Waals surface area contributed by atoms with Gasteiger partial charge in [0.1, 0.15) is 18.8 Å². The maximum Gasteiger partial charge on any atom is 0.243 e. The Morgan fingerprint density at radius 3 is 2.85 bits per heavy atom. The van der Waals surface area contributed by atoms with E-state index in [2.05, 4.69) is 10.3 Å².